The minimum atomic E-state index is -0.513. The predicted molar refractivity (Wildman–Crippen MR) is 128 cm³/mol. The highest BCUT2D eigenvalue weighted by molar-refractivity contribution is 5.90. The number of ether oxygens (including phenoxy) is 2. The zero-order valence-electron chi connectivity index (χ0n) is 19.3. The summed E-state index contributed by atoms with van der Waals surface area (Å²) in [6.45, 7) is 5.90. The number of anilines is 2. The number of nitrogens with zero attached hydrogens (tertiary/aromatic N) is 4. The van der Waals surface area contributed by atoms with Crippen molar-refractivity contribution in [1.82, 2.24) is 14.6 Å². The van der Waals surface area contributed by atoms with E-state index in [0.29, 0.717) is 39.6 Å². The van der Waals surface area contributed by atoms with Crippen molar-refractivity contribution in [2.24, 2.45) is 4.99 Å². The van der Waals surface area contributed by atoms with Gasteiger partial charge < -0.3 is 20.6 Å². The van der Waals surface area contributed by atoms with Crippen LogP contribution in [0.15, 0.2) is 59.9 Å². The summed E-state index contributed by atoms with van der Waals surface area (Å²) in [5.41, 5.74) is 3.28. The lowest BCUT2D eigenvalue weighted by molar-refractivity contribution is 0.399. The standard InChI is InChI=1S/C22H21FN6O2.C2H6/c1-13-10-14(4-6-18(13)31-15-8-9-29(24)19(11-15)25-2)27-21-16(23)12-26-17-5-7-20(30-3)28-22(17)21;1-2/h4-12H,24H2,1-3H3,(H,26,27);1-2H3. The van der Waals surface area contributed by atoms with E-state index in [1.807, 2.05) is 26.8 Å². The molecule has 0 saturated carbocycles. The molecule has 0 aliphatic carbocycles. The number of fused-ring (bicyclic) bond motifs is 1. The van der Waals surface area contributed by atoms with Gasteiger partial charge in [-0.15, -0.1) is 0 Å². The van der Waals surface area contributed by atoms with Crippen molar-refractivity contribution in [3.05, 3.63) is 71.7 Å². The summed E-state index contributed by atoms with van der Waals surface area (Å²) in [6, 6.07) is 12.4. The van der Waals surface area contributed by atoms with Crippen molar-refractivity contribution >= 4 is 22.4 Å². The lowest BCUT2D eigenvalue weighted by Crippen LogP contribution is -2.26. The molecule has 0 aliphatic heterocycles. The van der Waals surface area contributed by atoms with E-state index >= 15 is 0 Å². The zero-order valence-corrected chi connectivity index (χ0v) is 19.3. The van der Waals surface area contributed by atoms with Crippen LogP contribution in [0.5, 0.6) is 17.4 Å². The Morgan fingerprint density at radius 3 is 2.61 bits per heavy atom. The van der Waals surface area contributed by atoms with Gasteiger partial charge in [-0.1, -0.05) is 13.8 Å². The number of nitrogens with one attached hydrogen (secondary N) is 1. The Hall–Kier alpha value is -4.14. The highest BCUT2D eigenvalue weighted by Gasteiger charge is 2.13. The fourth-order valence-electron chi connectivity index (χ4n) is 3.10. The van der Waals surface area contributed by atoms with Crippen molar-refractivity contribution in [2.45, 2.75) is 20.8 Å². The lowest BCUT2D eigenvalue weighted by atomic mass is 10.2. The number of pyridine rings is 3. The molecule has 172 valence electrons. The first-order valence-electron chi connectivity index (χ1n) is 10.4. The number of hydrogen-bond donors (Lipinski definition) is 2. The van der Waals surface area contributed by atoms with Crippen LogP contribution in [-0.2, 0) is 0 Å². The zero-order chi connectivity index (χ0) is 24.0. The largest absolute Gasteiger partial charge is 0.481 e. The van der Waals surface area contributed by atoms with Crippen molar-refractivity contribution in [3.8, 4) is 17.4 Å². The molecule has 1 aromatic carbocycles. The number of halogens is 1. The third-order valence-electron chi connectivity index (χ3n) is 4.69. The Balaban J connectivity index is 0.00000149. The number of methoxy groups -OCH3 is 1. The monoisotopic (exact) mass is 450 g/mol. The van der Waals surface area contributed by atoms with Gasteiger partial charge in [-0.05, 0) is 42.8 Å². The van der Waals surface area contributed by atoms with Crippen LogP contribution in [-0.4, -0.2) is 28.8 Å². The van der Waals surface area contributed by atoms with Crippen LogP contribution < -0.4 is 26.1 Å². The van der Waals surface area contributed by atoms with Gasteiger partial charge in [0.2, 0.25) is 5.88 Å². The fourth-order valence-corrected chi connectivity index (χ4v) is 3.10. The number of benzene rings is 1. The van der Waals surface area contributed by atoms with Crippen LogP contribution in [0.4, 0.5) is 15.8 Å². The summed E-state index contributed by atoms with van der Waals surface area (Å²) in [5.74, 6) is 6.92. The van der Waals surface area contributed by atoms with Gasteiger partial charge in [-0.2, -0.15) is 0 Å². The molecule has 0 fully saturated rings. The van der Waals surface area contributed by atoms with E-state index in [1.165, 1.54) is 18.0 Å². The first-order valence-corrected chi connectivity index (χ1v) is 10.4. The van der Waals surface area contributed by atoms with Crippen molar-refractivity contribution in [1.29, 1.82) is 0 Å². The Morgan fingerprint density at radius 2 is 1.91 bits per heavy atom. The minimum Gasteiger partial charge on any atom is -0.481 e. The first kappa shape index (κ1) is 23.5. The third kappa shape index (κ3) is 5.20. The maximum absolute atomic E-state index is 14.6. The Labute approximate surface area is 191 Å². The molecule has 33 heavy (non-hydrogen) atoms. The van der Waals surface area contributed by atoms with E-state index < -0.39 is 5.82 Å². The topological polar surface area (TPSA) is 99.6 Å². The molecule has 3 N–H and O–H groups in total. The molecule has 8 nitrogen and oxygen atoms in total. The number of nitrogen functional groups attached to an aromatic ring is 1. The molecular formula is C24H27FN6O2. The number of aryl methyl sites for hydroxylation is 1. The van der Waals surface area contributed by atoms with Crippen molar-refractivity contribution in [2.75, 3.05) is 25.3 Å². The summed E-state index contributed by atoms with van der Waals surface area (Å²) >= 11 is 0. The second-order valence-electron chi connectivity index (χ2n) is 6.76. The molecule has 0 unspecified atom stereocenters. The molecule has 9 heteroatoms. The summed E-state index contributed by atoms with van der Waals surface area (Å²) in [7, 11) is 3.16. The van der Waals surface area contributed by atoms with Gasteiger partial charge in [0, 0.05) is 31.1 Å². The number of aromatic nitrogens is 3. The van der Waals surface area contributed by atoms with E-state index in [4.69, 9.17) is 15.3 Å². The van der Waals surface area contributed by atoms with Crippen molar-refractivity contribution < 1.29 is 13.9 Å². The van der Waals surface area contributed by atoms with Gasteiger partial charge in [-0.25, -0.2) is 9.37 Å². The molecule has 0 amide bonds. The molecule has 0 aliphatic rings. The van der Waals surface area contributed by atoms with E-state index in [9.17, 15) is 4.39 Å². The van der Waals surface area contributed by atoms with Crippen molar-refractivity contribution in [3.63, 3.8) is 0 Å². The molecule has 4 rings (SSSR count). The maximum atomic E-state index is 14.6. The van der Waals surface area contributed by atoms with Crippen LogP contribution in [0.25, 0.3) is 11.0 Å². The molecule has 0 radical (unpaired) electrons. The molecule has 3 aromatic heterocycles. The van der Waals surface area contributed by atoms with Crippen LogP contribution in [0.3, 0.4) is 0 Å². The first-order chi connectivity index (χ1) is 16.0. The van der Waals surface area contributed by atoms with E-state index in [-0.39, 0.29) is 5.69 Å². The lowest BCUT2D eigenvalue weighted by Gasteiger charge is -2.14. The van der Waals surface area contributed by atoms with Gasteiger partial charge in [-0.3, -0.25) is 14.7 Å². The Bertz CT molecular complexity index is 1340. The van der Waals surface area contributed by atoms with Crippen LogP contribution in [0, 0.1) is 12.7 Å². The molecule has 4 aromatic rings. The number of rotatable bonds is 5. The summed E-state index contributed by atoms with van der Waals surface area (Å²) in [5, 5.41) is 3.10. The average molecular weight is 451 g/mol. The highest BCUT2D eigenvalue weighted by Crippen LogP contribution is 2.31. The number of hydrogen-bond acceptors (Lipinski definition) is 7. The quantitative estimate of drug-likeness (QED) is 0.428. The molecule has 0 spiro atoms. The van der Waals surface area contributed by atoms with E-state index in [2.05, 4.69) is 20.3 Å². The Kier molecular flexibility index (Phi) is 7.45. The van der Waals surface area contributed by atoms with Crippen LogP contribution >= 0.6 is 0 Å². The van der Waals surface area contributed by atoms with E-state index in [0.717, 1.165) is 5.56 Å². The van der Waals surface area contributed by atoms with Gasteiger partial charge in [0.15, 0.2) is 5.82 Å². The molecular weight excluding hydrogens is 423 g/mol. The summed E-state index contributed by atoms with van der Waals surface area (Å²) in [4.78, 5) is 12.5. The summed E-state index contributed by atoms with van der Waals surface area (Å²) < 4.78 is 27.1. The molecule has 0 bridgehead atoms. The second kappa shape index (κ2) is 10.4. The fraction of sp³-hybridized carbons (Fsp3) is 0.208. The van der Waals surface area contributed by atoms with Gasteiger partial charge in [0.05, 0.1) is 18.8 Å². The van der Waals surface area contributed by atoms with E-state index in [1.54, 1.807) is 49.6 Å². The average Bonchev–Trinajstić information content (AvgIpc) is 2.84. The van der Waals surface area contributed by atoms with Gasteiger partial charge in [0.25, 0.3) is 0 Å². The van der Waals surface area contributed by atoms with Crippen LogP contribution in [0.1, 0.15) is 19.4 Å². The SMILES string of the molecule is CC.CN=c1cc(Oc2ccc(Nc3c(F)cnc4ccc(OC)nc34)cc2C)ccn1N. The molecule has 3 heterocycles. The predicted octanol–water partition coefficient (Wildman–Crippen LogP) is 4.69. The van der Waals surface area contributed by atoms with Gasteiger partial charge in [0.1, 0.15) is 28.2 Å². The maximum Gasteiger partial charge on any atom is 0.213 e. The van der Waals surface area contributed by atoms with Gasteiger partial charge >= 0.3 is 0 Å². The minimum absolute atomic E-state index is 0.224. The molecule has 0 saturated heterocycles. The number of nitrogens with two attached hydrogens (primary N) is 1. The smallest absolute Gasteiger partial charge is 0.213 e. The second-order valence-corrected chi connectivity index (χ2v) is 6.76. The van der Waals surface area contributed by atoms with Crippen LogP contribution in [0.2, 0.25) is 0 Å². The normalized spacial score (nSPS) is 11.0. The highest BCUT2D eigenvalue weighted by atomic mass is 19.1. The molecule has 0 atom stereocenters. The Morgan fingerprint density at radius 1 is 1.12 bits per heavy atom. The summed E-state index contributed by atoms with van der Waals surface area (Å²) in [6.07, 6.45) is 2.83. The third-order valence-corrected chi connectivity index (χ3v) is 4.69.